The highest BCUT2D eigenvalue weighted by Gasteiger charge is 2.37. The lowest BCUT2D eigenvalue weighted by Gasteiger charge is -2.30. The van der Waals surface area contributed by atoms with Gasteiger partial charge in [-0.2, -0.15) is 0 Å². The predicted octanol–water partition coefficient (Wildman–Crippen LogP) is 3.16. The molecular formula is C15H23NO. The molecule has 1 heterocycles. The Hall–Kier alpha value is -0.860. The molecule has 0 bridgehead atoms. The van der Waals surface area contributed by atoms with Gasteiger partial charge in [0.15, 0.2) is 0 Å². The summed E-state index contributed by atoms with van der Waals surface area (Å²) >= 11 is 0. The minimum absolute atomic E-state index is 0.0416. The Labute approximate surface area is 105 Å². The van der Waals surface area contributed by atoms with Gasteiger partial charge in [-0.1, -0.05) is 38.1 Å². The monoisotopic (exact) mass is 233 g/mol. The van der Waals surface area contributed by atoms with E-state index in [1.165, 1.54) is 11.1 Å². The molecule has 0 fully saturated rings. The molecule has 0 aliphatic carbocycles. The standard InChI is InChI=1S/C15H23NO/c1-4-15(10-11-16(3)5-2)14-9-7-6-8-13(14)12-17-15/h6-9H,4-5,10-12H2,1-3H3. The van der Waals surface area contributed by atoms with Crippen molar-refractivity contribution in [1.82, 2.24) is 4.90 Å². The predicted molar refractivity (Wildman–Crippen MR) is 71.0 cm³/mol. The zero-order chi connectivity index (χ0) is 12.3. The summed E-state index contributed by atoms with van der Waals surface area (Å²) < 4.78 is 6.13. The molecule has 1 aromatic rings. The van der Waals surface area contributed by atoms with Crippen LogP contribution in [0.15, 0.2) is 24.3 Å². The molecule has 94 valence electrons. The van der Waals surface area contributed by atoms with E-state index in [9.17, 15) is 0 Å². The Bertz CT molecular complexity index is 377. The van der Waals surface area contributed by atoms with Gasteiger partial charge in [-0.05, 0) is 37.6 Å². The molecule has 0 saturated heterocycles. The van der Waals surface area contributed by atoms with Gasteiger partial charge in [0.1, 0.15) is 0 Å². The van der Waals surface area contributed by atoms with Gasteiger partial charge in [0, 0.05) is 6.54 Å². The quantitative estimate of drug-likeness (QED) is 0.774. The molecule has 1 aliphatic rings. The van der Waals surface area contributed by atoms with Gasteiger partial charge < -0.3 is 9.64 Å². The number of rotatable bonds is 5. The van der Waals surface area contributed by atoms with E-state index in [1.807, 2.05) is 0 Å². The van der Waals surface area contributed by atoms with Crippen LogP contribution >= 0.6 is 0 Å². The third-order valence-electron chi connectivity index (χ3n) is 4.02. The van der Waals surface area contributed by atoms with E-state index < -0.39 is 0 Å². The van der Waals surface area contributed by atoms with Crippen LogP contribution in [0, 0.1) is 0 Å². The highest BCUT2D eigenvalue weighted by atomic mass is 16.5. The maximum atomic E-state index is 6.13. The molecule has 0 aromatic heterocycles. The summed E-state index contributed by atoms with van der Waals surface area (Å²) in [7, 11) is 2.17. The van der Waals surface area contributed by atoms with Crippen molar-refractivity contribution in [3.05, 3.63) is 35.4 Å². The maximum Gasteiger partial charge on any atom is 0.0948 e. The first-order valence-electron chi connectivity index (χ1n) is 6.62. The second-order valence-electron chi connectivity index (χ2n) is 4.94. The summed E-state index contributed by atoms with van der Waals surface area (Å²) in [6, 6.07) is 8.65. The van der Waals surface area contributed by atoms with Gasteiger partial charge in [0.2, 0.25) is 0 Å². The van der Waals surface area contributed by atoms with Gasteiger partial charge in [0.05, 0.1) is 12.2 Å². The van der Waals surface area contributed by atoms with Gasteiger partial charge in [-0.25, -0.2) is 0 Å². The Balaban J connectivity index is 2.16. The first-order chi connectivity index (χ1) is 8.22. The van der Waals surface area contributed by atoms with E-state index in [0.717, 1.165) is 32.5 Å². The van der Waals surface area contributed by atoms with Crippen molar-refractivity contribution in [2.75, 3.05) is 20.1 Å². The van der Waals surface area contributed by atoms with Crippen molar-refractivity contribution < 1.29 is 4.74 Å². The molecule has 1 atom stereocenters. The molecule has 0 saturated carbocycles. The van der Waals surface area contributed by atoms with Gasteiger partial charge in [-0.15, -0.1) is 0 Å². The highest BCUT2D eigenvalue weighted by Crippen LogP contribution is 2.41. The van der Waals surface area contributed by atoms with Crippen LogP contribution in [-0.4, -0.2) is 25.0 Å². The first-order valence-corrected chi connectivity index (χ1v) is 6.62. The summed E-state index contributed by atoms with van der Waals surface area (Å²) in [6.45, 7) is 7.40. The van der Waals surface area contributed by atoms with Gasteiger partial charge >= 0.3 is 0 Å². The lowest BCUT2D eigenvalue weighted by Crippen LogP contribution is -2.31. The van der Waals surface area contributed by atoms with Crippen molar-refractivity contribution in [3.8, 4) is 0 Å². The Kier molecular flexibility index (Phi) is 3.85. The number of fused-ring (bicyclic) bond motifs is 1. The van der Waals surface area contributed by atoms with E-state index in [1.54, 1.807) is 0 Å². The fourth-order valence-electron chi connectivity index (χ4n) is 2.59. The number of nitrogens with zero attached hydrogens (tertiary/aromatic N) is 1. The highest BCUT2D eigenvalue weighted by molar-refractivity contribution is 5.35. The van der Waals surface area contributed by atoms with Crippen LogP contribution in [0.1, 0.15) is 37.8 Å². The molecule has 17 heavy (non-hydrogen) atoms. The molecule has 1 aromatic carbocycles. The number of hydrogen-bond acceptors (Lipinski definition) is 2. The minimum Gasteiger partial charge on any atom is -0.366 e. The zero-order valence-electron chi connectivity index (χ0n) is 11.2. The Morgan fingerprint density at radius 3 is 2.76 bits per heavy atom. The third kappa shape index (κ3) is 2.38. The van der Waals surface area contributed by atoms with Crippen LogP contribution in [0.4, 0.5) is 0 Å². The lowest BCUT2D eigenvalue weighted by molar-refractivity contribution is -0.0514. The van der Waals surface area contributed by atoms with Gasteiger partial charge in [-0.3, -0.25) is 0 Å². The molecule has 1 unspecified atom stereocenters. The third-order valence-corrected chi connectivity index (χ3v) is 4.02. The normalized spacial score (nSPS) is 23.1. The second kappa shape index (κ2) is 5.19. The molecule has 1 aliphatic heterocycles. The van der Waals surface area contributed by atoms with Gasteiger partial charge in [0.25, 0.3) is 0 Å². The van der Waals surface area contributed by atoms with E-state index in [-0.39, 0.29) is 5.60 Å². The fourth-order valence-corrected chi connectivity index (χ4v) is 2.59. The van der Waals surface area contributed by atoms with Crippen LogP contribution in [0.5, 0.6) is 0 Å². The van der Waals surface area contributed by atoms with E-state index in [0.29, 0.717) is 0 Å². The number of hydrogen-bond donors (Lipinski definition) is 0. The van der Waals surface area contributed by atoms with Crippen molar-refractivity contribution in [3.63, 3.8) is 0 Å². The molecule has 2 nitrogen and oxygen atoms in total. The fraction of sp³-hybridized carbons (Fsp3) is 0.600. The number of benzene rings is 1. The summed E-state index contributed by atoms with van der Waals surface area (Å²) in [4.78, 5) is 2.35. The summed E-state index contributed by atoms with van der Waals surface area (Å²) in [6.07, 6.45) is 2.15. The summed E-state index contributed by atoms with van der Waals surface area (Å²) in [5.41, 5.74) is 2.74. The van der Waals surface area contributed by atoms with E-state index in [4.69, 9.17) is 4.74 Å². The molecular weight excluding hydrogens is 210 g/mol. The topological polar surface area (TPSA) is 12.5 Å². The lowest BCUT2D eigenvalue weighted by atomic mass is 9.87. The zero-order valence-corrected chi connectivity index (χ0v) is 11.2. The average molecular weight is 233 g/mol. The van der Waals surface area contributed by atoms with Crippen molar-refractivity contribution in [1.29, 1.82) is 0 Å². The molecule has 0 spiro atoms. The Morgan fingerprint density at radius 1 is 1.29 bits per heavy atom. The first kappa shape index (κ1) is 12.6. The molecule has 2 rings (SSSR count). The SMILES string of the molecule is CCN(C)CCC1(CC)OCc2ccccc21. The minimum atomic E-state index is -0.0416. The summed E-state index contributed by atoms with van der Waals surface area (Å²) in [5.74, 6) is 0. The van der Waals surface area contributed by atoms with E-state index in [2.05, 4.69) is 50.1 Å². The van der Waals surface area contributed by atoms with Crippen LogP contribution in [0.2, 0.25) is 0 Å². The molecule has 0 radical (unpaired) electrons. The van der Waals surface area contributed by atoms with E-state index >= 15 is 0 Å². The smallest absolute Gasteiger partial charge is 0.0948 e. The Morgan fingerprint density at radius 2 is 2.06 bits per heavy atom. The maximum absolute atomic E-state index is 6.13. The molecule has 0 amide bonds. The second-order valence-corrected chi connectivity index (χ2v) is 4.94. The largest absolute Gasteiger partial charge is 0.366 e. The van der Waals surface area contributed by atoms with Crippen molar-refractivity contribution in [2.45, 2.75) is 38.9 Å². The van der Waals surface area contributed by atoms with Crippen LogP contribution in [-0.2, 0) is 16.9 Å². The van der Waals surface area contributed by atoms with Crippen LogP contribution in [0.25, 0.3) is 0 Å². The van der Waals surface area contributed by atoms with Crippen LogP contribution < -0.4 is 0 Å². The van der Waals surface area contributed by atoms with Crippen LogP contribution in [0.3, 0.4) is 0 Å². The summed E-state index contributed by atoms with van der Waals surface area (Å²) in [5, 5.41) is 0. The van der Waals surface area contributed by atoms with Crippen molar-refractivity contribution >= 4 is 0 Å². The van der Waals surface area contributed by atoms with Crippen molar-refractivity contribution in [2.24, 2.45) is 0 Å². The molecule has 0 N–H and O–H groups in total. The average Bonchev–Trinajstić information content (AvgIpc) is 2.76. The molecule has 2 heteroatoms. The number of ether oxygens (including phenoxy) is 1.